The molecule has 0 aromatic rings. The summed E-state index contributed by atoms with van der Waals surface area (Å²) in [6.45, 7) is 4.33. The lowest BCUT2D eigenvalue weighted by atomic mass is 9.92. The van der Waals surface area contributed by atoms with E-state index in [0.29, 0.717) is 13.0 Å². The van der Waals surface area contributed by atoms with Gasteiger partial charge in [-0.15, -0.1) is 0 Å². The van der Waals surface area contributed by atoms with Gasteiger partial charge in [-0.05, 0) is 12.8 Å². The fourth-order valence-electron chi connectivity index (χ4n) is 6.56. The second kappa shape index (κ2) is 28.1. The van der Waals surface area contributed by atoms with Crippen LogP contribution < -0.4 is 0 Å². The van der Waals surface area contributed by atoms with Crippen molar-refractivity contribution in [3.63, 3.8) is 0 Å². The van der Waals surface area contributed by atoms with Crippen molar-refractivity contribution in [2.45, 2.75) is 211 Å². The largest absolute Gasteiger partial charge is 0.394 e. The van der Waals surface area contributed by atoms with Crippen LogP contribution >= 0.6 is 0 Å². The maximum atomic E-state index is 13.3. The Balaban J connectivity index is 2.50. The Morgan fingerprint density at radius 2 is 1.02 bits per heavy atom. The smallest absolute Gasteiger partial charge is 0.251 e. The van der Waals surface area contributed by atoms with Gasteiger partial charge in [0.25, 0.3) is 5.91 Å². The first kappa shape index (κ1) is 43.2. The van der Waals surface area contributed by atoms with Crippen LogP contribution in [0.15, 0.2) is 0 Å². The molecule has 2 unspecified atom stereocenters. The lowest BCUT2D eigenvalue weighted by molar-refractivity contribution is -0.234. The molecule has 1 heterocycles. The zero-order chi connectivity index (χ0) is 34.0. The minimum atomic E-state index is -1.51. The molecule has 6 N–H and O–H groups in total. The first-order chi connectivity index (χ1) is 22.3. The number of hydrogen-bond acceptors (Lipinski definition) is 8. The molecule has 0 aromatic carbocycles. The lowest BCUT2D eigenvalue weighted by Gasteiger charge is -2.41. The van der Waals surface area contributed by atoms with Crippen LogP contribution in [0, 0.1) is 0 Å². The van der Waals surface area contributed by atoms with Gasteiger partial charge in [0.15, 0.2) is 0 Å². The van der Waals surface area contributed by atoms with Crippen molar-refractivity contribution < 1.29 is 40.2 Å². The van der Waals surface area contributed by atoms with Crippen LogP contribution in [0.25, 0.3) is 0 Å². The predicted octanol–water partition coefficient (Wildman–Crippen LogP) is 5.78. The van der Waals surface area contributed by atoms with E-state index in [9.17, 15) is 35.4 Å². The average Bonchev–Trinajstić information content (AvgIpc) is 3.05. The molecule has 0 spiro atoms. The molecule has 1 amide bonds. The number of hydrogen-bond donors (Lipinski definition) is 6. The van der Waals surface area contributed by atoms with Gasteiger partial charge in [-0.2, -0.15) is 0 Å². The highest BCUT2D eigenvalue weighted by Crippen LogP contribution is 2.25. The van der Waals surface area contributed by atoms with Crippen molar-refractivity contribution in [3.8, 4) is 0 Å². The van der Waals surface area contributed by atoms with Crippen LogP contribution in [0.4, 0.5) is 0 Å². The molecule has 1 aliphatic rings. The second-order valence-corrected chi connectivity index (χ2v) is 13.9. The quantitative estimate of drug-likeness (QED) is 0.0531. The van der Waals surface area contributed by atoms with Gasteiger partial charge < -0.3 is 40.3 Å². The number of unbranched alkanes of at least 4 members (excludes halogenated alkanes) is 20. The normalized spacial score (nSPS) is 23.0. The summed E-state index contributed by atoms with van der Waals surface area (Å²) >= 11 is 0. The molecule has 0 aromatic heterocycles. The summed E-state index contributed by atoms with van der Waals surface area (Å²) in [7, 11) is 0. The molecule has 1 fully saturated rings. The Morgan fingerprint density at radius 3 is 1.48 bits per heavy atom. The fourth-order valence-corrected chi connectivity index (χ4v) is 6.56. The third-order valence-electron chi connectivity index (χ3n) is 9.64. The molecule has 0 radical (unpaired) electrons. The van der Waals surface area contributed by atoms with Crippen LogP contribution in [0.2, 0.25) is 0 Å². The highest BCUT2D eigenvalue weighted by Gasteiger charge is 2.44. The molecule has 0 aliphatic carbocycles. The van der Waals surface area contributed by atoms with Gasteiger partial charge in [-0.3, -0.25) is 4.79 Å². The van der Waals surface area contributed by atoms with E-state index in [1.54, 1.807) is 0 Å². The zero-order valence-corrected chi connectivity index (χ0v) is 29.6. The first-order valence-corrected chi connectivity index (χ1v) is 19.2. The molecule has 9 heteroatoms. The van der Waals surface area contributed by atoms with Crippen molar-refractivity contribution in [2.75, 3.05) is 19.7 Å². The van der Waals surface area contributed by atoms with E-state index < -0.39 is 49.3 Å². The SMILES string of the molecule is CCCCCCCCCCCCCCC(O)C(=O)N(CCCCCCCCCCCC)CC(O)C[C@@H]1O[C@H](CO)[C@@H](O)[C@H](O)[C@H]1O. The number of amides is 1. The number of ether oxygens (including phenoxy) is 1. The van der Waals surface area contributed by atoms with Gasteiger partial charge in [0.2, 0.25) is 0 Å². The van der Waals surface area contributed by atoms with Crippen LogP contribution in [0.5, 0.6) is 0 Å². The summed E-state index contributed by atoms with van der Waals surface area (Å²) in [4.78, 5) is 14.9. The van der Waals surface area contributed by atoms with Crippen LogP contribution in [0.3, 0.4) is 0 Å². The van der Waals surface area contributed by atoms with Gasteiger partial charge in [-0.1, -0.05) is 149 Å². The highest BCUT2D eigenvalue weighted by molar-refractivity contribution is 5.80. The van der Waals surface area contributed by atoms with Crippen molar-refractivity contribution >= 4 is 5.91 Å². The summed E-state index contributed by atoms with van der Waals surface area (Å²) in [5, 5.41) is 61.8. The molecular formula is C37H73NO8. The molecule has 0 saturated carbocycles. The van der Waals surface area contributed by atoms with E-state index in [2.05, 4.69) is 13.8 Å². The third-order valence-corrected chi connectivity index (χ3v) is 9.64. The molecule has 7 atom stereocenters. The number of carbonyl (C=O) groups is 1. The molecule has 1 rings (SSSR count). The van der Waals surface area contributed by atoms with Gasteiger partial charge in [0.05, 0.1) is 18.8 Å². The Bertz CT molecular complexity index is 711. The van der Waals surface area contributed by atoms with E-state index in [4.69, 9.17) is 4.74 Å². The molecule has 1 saturated heterocycles. The zero-order valence-electron chi connectivity index (χ0n) is 29.6. The standard InChI is InChI=1S/C37H73NO8/c1-3-5-7-9-11-13-15-16-17-19-21-23-25-31(41)37(45)38(26-24-22-20-18-14-12-10-8-6-4-2)28-30(40)27-32-34(42)36(44)35(43)33(29-39)46-32/h30-36,39-44H,3-29H2,1-2H3/t30?,31?,32-,33+,34-,35+,36+/m0/s1. The van der Waals surface area contributed by atoms with Crippen molar-refractivity contribution in [3.05, 3.63) is 0 Å². The first-order valence-electron chi connectivity index (χ1n) is 19.2. The Morgan fingerprint density at radius 1 is 0.609 bits per heavy atom. The summed E-state index contributed by atoms with van der Waals surface area (Å²) in [5.74, 6) is -0.383. The minimum Gasteiger partial charge on any atom is -0.394 e. The molecule has 274 valence electrons. The summed E-state index contributed by atoms with van der Waals surface area (Å²) in [6, 6.07) is 0. The summed E-state index contributed by atoms with van der Waals surface area (Å²) in [6.07, 6.45) is 17.9. The second-order valence-electron chi connectivity index (χ2n) is 13.9. The van der Waals surface area contributed by atoms with E-state index in [0.717, 1.165) is 38.5 Å². The van der Waals surface area contributed by atoms with Gasteiger partial charge in [-0.25, -0.2) is 0 Å². The van der Waals surface area contributed by atoms with Gasteiger partial charge >= 0.3 is 0 Å². The fraction of sp³-hybridized carbons (Fsp3) is 0.973. The predicted molar refractivity (Wildman–Crippen MR) is 185 cm³/mol. The van der Waals surface area contributed by atoms with Crippen molar-refractivity contribution in [1.29, 1.82) is 0 Å². The Hall–Kier alpha value is -0.810. The third kappa shape index (κ3) is 19.3. The number of rotatable bonds is 30. The average molecular weight is 660 g/mol. The van der Waals surface area contributed by atoms with Crippen molar-refractivity contribution in [1.82, 2.24) is 4.90 Å². The Kier molecular flexibility index (Phi) is 26.4. The number of aliphatic hydroxyl groups excluding tert-OH is 6. The Labute approximate surface area is 281 Å². The molecule has 0 bridgehead atoms. The van der Waals surface area contributed by atoms with Crippen LogP contribution in [-0.4, -0.2) is 104 Å². The van der Waals surface area contributed by atoms with E-state index in [-0.39, 0.29) is 18.9 Å². The monoisotopic (exact) mass is 660 g/mol. The molecule has 1 aliphatic heterocycles. The van der Waals surface area contributed by atoms with Crippen molar-refractivity contribution in [2.24, 2.45) is 0 Å². The molecular weight excluding hydrogens is 586 g/mol. The maximum absolute atomic E-state index is 13.3. The van der Waals surface area contributed by atoms with Crippen LogP contribution in [-0.2, 0) is 9.53 Å². The topological polar surface area (TPSA) is 151 Å². The van der Waals surface area contributed by atoms with Crippen LogP contribution in [0.1, 0.15) is 168 Å². The maximum Gasteiger partial charge on any atom is 0.251 e. The molecule has 46 heavy (non-hydrogen) atoms. The molecule has 9 nitrogen and oxygen atoms in total. The van der Waals surface area contributed by atoms with Gasteiger partial charge in [0, 0.05) is 19.5 Å². The number of nitrogens with zero attached hydrogens (tertiary/aromatic N) is 1. The summed E-state index contributed by atoms with van der Waals surface area (Å²) < 4.78 is 5.56. The summed E-state index contributed by atoms with van der Waals surface area (Å²) in [5.41, 5.74) is 0. The van der Waals surface area contributed by atoms with E-state index >= 15 is 0 Å². The number of carbonyl (C=O) groups excluding carboxylic acids is 1. The van der Waals surface area contributed by atoms with E-state index in [1.807, 2.05) is 0 Å². The minimum absolute atomic E-state index is 0.0270. The van der Waals surface area contributed by atoms with Gasteiger partial charge in [0.1, 0.15) is 30.5 Å². The highest BCUT2D eigenvalue weighted by atomic mass is 16.5. The van der Waals surface area contributed by atoms with E-state index in [1.165, 1.54) is 108 Å². The lowest BCUT2D eigenvalue weighted by Crippen LogP contribution is -2.59. The number of aliphatic hydroxyl groups is 6.